The second-order valence-corrected chi connectivity index (χ2v) is 5.16. The predicted molar refractivity (Wildman–Crippen MR) is 56.2 cm³/mol. The molecule has 0 aliphatic heterocycles. The quantitative estimate of drug-likeness (QED) is 0.840. The van der Waals surface area contributed by atoms with Crippen molar-refractivity contribution in [3.05, 3.63) is 23.8 Å². The summed E-state index contributed by atoms with van der Waals surface area (Å²) in [6, 6.07) is 6.06. The van der Waals surface area contributed by atoms with Gasteiger partial charge < -0.3 is 4.74 Å². The monoisotopic (exact) mass is 238 g/mol. The van der Waals surface area contributed by atoms with Crippen molar-refractivity contribution < 1.29 is 13.2 Å². The van der Waals surface area contributed by atoms with Gasteiger partial charge in [-0.2, -0.15) is 5.26 Å². The van der Waals surface area contributed by atoms with Gasteiger partial charge in [0, 0.05) is 6.07 Å². The molecule has 0 heterocycles. The Hall–Kier alpha value is -1.58. The van der Waals surface area contributed by atoms with Gasteiger partial charge in [0.25, 0.3) is 0 Å². The Balaban J connectivity index is 2.42. The van der Waals surface area contributed by atoms with Crippen molar-refractivity contribution in [1.82, 2.24) is 0 Å². The molecular formula is C10H10N2O3S. The molecule has 1 aliphatic carbocycles. The van der Waals surface area contributed by atoms with Crippen molar-refractivity contribution in [1.29, 1.82) is 5.26 Å². The summed E-state index contributed by atoms with van der Waals surface area (Å²) in [6.07, 6.45) is 2.12. The lowest BCUT2D eigenvalue weighted by Gasteiger charge is -2.07. The number of hydrogen-bond acceptors (Lipinski definition) is 4. The van der Waals surface area contributed by atoms with Crippen molar-refractivity contribution in [2.75, 3.05) is 0 Å². The first-order valence-corrected chi connectivity index (χ1v) is 6.29. The summed E-state index contributed by atoms with van der Waals surface area (Å²) in [5.41, 5.74) is 0.0330. The first kappa shape index (κ1) is 10.9. The average molecular weight is 238 g/mol. The van der Waals surface area contributed by atoms with Crippen LogP contribution in [-0.4, -0.2) is 14.5 Å². The van der Waals surface area contributed by atoms with Crippen molar-refractivity contribution in [3.63, 3.8) is 0 Å². The molecule has 2 rings (SSSR count). The van der Waals surface area contributed by atoms with E-state index in [1.807, 2.05) is 0 Å². The lowest BCUT2D eigenvalue weighted by molar-refractivity contribution is 0.302. The lowest BCUT2D eigenvalue weighted by atomic mass is 10.2. The van der Waals surface area contributed by atoms with E-state index in [4.69, 9.17) is 15.1 Å². The number of primary sulfonamides is 1. The summed E-state index contributed by atoms with van der Waals surface area (Å²) < 4.78 is 27.9. The highest BCUT2D eigenvalue weighted by Gasteiger charge is 2.24. The molecule has 0 saturated heterocycles. The lowest BCUT2D eigenvalue weighted by Crippen LogP contribution is -2.14. The summed E-state index contributed by atoms with van der Waals surface area (Å²) in [4.78, 5) is -0.187. The molecule has 1 aromatic rings. The Labute approximate surface area is 93.5 Å². The van der Waals surface area contributed by atoms with Gasteiger partial charge in [-0.3, -0.25) is 0 Å². The van der Waals surface area contributed by atoms with E-state index in [9.17, 15) is 8.42 Å². The Kier molecular flexibility index (Phi) is 2.58. The minimum Gasteiger partial charge on any atom is -0.490 e. The zero-order valence-corrected chi connectivity index (χ0v) is 9.20. The molecule has 1 aliphatic rings. The Morgan fingerprint density at radius 2 is 2.12 bits per heavy atom. The number of hydrogen-bond donors (Lipinski definition) is 1. The molecule has 0 spiro atoms. The van der Waals surface area contributed by atoms with E-state index < -0.39 is 10.0 Å². The fourth-order valence-corrected chi connectivity index (χ4v) is 1.98. The summed E-state index contributed by atoms with van der Waals surface area (Å²) in [5, 5.41) is 13.8. The first-order valence-electron chi connectivity index (χ1n) is 4.74. The molecular weight excluding hydrogens is 228 g/mol. The standard InChI is InChI=1S/C10H10N2O3S/c11-6-7-1-2-9(15-8-3-4-8)5-10(7)16(12,13)14/h1-2,5,8H,3-4H2,(H2,12,13,14). The maximum absolute atomic E-state index is 11.2. The van der Waals surface area contributed by atoms with Gasteiger partial charge in [-0.25, -0.2) is 13.6 Å². The Morgan fingerprint density at radius 3 is 2.62 bits per heavy atom. The molecule has 1 fully saturated rings. The number of ether oxygens (including phenoxy) is 1. The average Bonchev–Trinajstić information content (AvgIpc) is 3.00. The molecule has 2 N–H and O–H groups in total. The Bertz CT molecular complexity index is 556. The molecule has 1 aromatic carbocycles. The van der Waals surface area contributed by atoms with E-state index in [0.717, 1.165) is 12.8 Å². The van der Waals surface area contributed by atoms with Gasteiger partial charge in [0.15, 0.2) is 0 Å². The molecule has 16 heavy (non-hydrogen) atoms. The van der Waals surface area contributed by atoms with Crippen LogP contribution < -0.4 is 9.88 Å². The number of rotatable bonds is 3. The minimum absolute atomic E-state index is 0.0330. The number of nitrogens with two attached hydrogens (primary N) is 1. The van der Waals surface area contributed by atoms with Gasteiger partial charge in [0.05, 0.1) is 11.7 Å². The summed E-state index contributed by atoms with van der Waals surface area (Å²) in [7, 11) is -3.89. The van der Waals surface area contributed by atoms with Crippen LogP contribution in [0.5, 0.6) is 5.75 Å². The van der Waals surface area contributed by atoms with E-state index in [1.54, 1.807) is 12.1 Å². The van der Waals surface area contributed by atoms with Crippen LogP contribution in [0.1, 0.15) is 18.4 Å². The minimum atomic E-state index is -3.89. The molecule has 0 unspecified atom stereocenters. The molecule has 5 nitrogen and oxygen atoms in total. The summed E-state index contributed by atoms with van der Waals surface area (Å²) in [5.74, 6) is 0.436. The van der Waals surface area contributed by atoms with Gasteiger partial charge in [-0.15, -0.1) is 0 Å². The van der Waals surface area contributed by atoms with Crippen LogP contribution in [0.25, 0.3) is 0 Å². The fourth-order valence-electron chi connectivity index (χ4n) is 1.28. The second-order valence-electron chi connectivity index (χ2n) is 3.63. The van der Waals surface area contributed by atoms with Gasteiger partial charge >= 0.3 is 0 Å². The van der Waals surface area contributed by atoms with Gasteiger partial charge in [-0.05, 0) is 25.0 Å². The molecule has 0 bridgehead atoms. The van der Waals surface area contributed by atoms with Crippen molar-refractivity contribution in [3.8, 4) is 11.8 Å². The van der Waals surface area contributed by atoms with Crippen molar-refractivity contribution in [2.24, 2.45) is 5.14 Å². The van der Waals surface area contributed by atoms with Crippen LogP contribution in [0.15, 0.2) is 23.1 Å². The van der Waals surface area contributed by atoms with Crippen LogP contribution in [0.3, 0.4) is 0 Å². The van der Waals surface area contributed by atoms with Crippen LogP contribution in [0.2, 0.25) is 0 Å². The SMILES string of the molecule is N#Cc1ccc(OC2CC2)cc1S(N)(=O)=O. The van der Waals surface area contributed by atoms with E-state index in [-0.39, 0.29) is 16.6 Å². The number of nitriles is 1. The summed E-state index contributed by atoms with van der Waals surface area (Å²) >= 11 is 0. The van der Waals surface area contributed by atoms with Gasteiger partial charge in [0.1, 0.15) is 16.7 Å². The first-order chi connectivity index (χ1) is 7.50. The predicted octanol–water partition coefficient (Wildman–Crippen LogP) is 0.747. The number of benzene rings is 1. The third-order valence-electron chi connectivity index (χ3n) is 2.21. The van der Waals surface area contributed by atoms with Crippen LogP contribution in [-0.2, 0) is 10.0 Å². The van der Waals surface area contributed by atoms with E-state index >= 15 is 0 Å². The molecule has 1 saturated carbocycles. The topological polar surface area (TPSA) is 93.2 Å². The van der Waals surface area contributed by atoms with Crippen molar-refractivity contribution in [2.45, 2.75) is 23.8 Å². The molecule has 6 heteroatoms. The highest BCUT2D eigenvalue weighted by Crippen LogP contribution is 2.28. The van der Waals surface area contributed by atoms with E-state index in [2.05, 4.69) is 0 Å². The highest BCUT2D eigenvalue weighted by atomic mass is 32.2. The van der Waals surface area contributed by atoms with Crippen molar-refractivity contribution >= 4 is 10.0 Å². The highest BCUT2D eigenvalue weighted by molar-refractivity contribution is 7.89. The van der Waals surface area contributed by atoms with Crippen LogP contribution in [0.4, 0.5) is 0 Å². The largest absolute Gasteiger partial charge is 0.490 e. The maximum atomic E-state index is 11.2. The normalized spacial score (nSPS) is 15.5. The summed E-state index contributed by atoms with van der Waals surface area (Å²) in [6.45, 7) is 0. The van der Waals surface area contributed by atoms with Crippen LogP contribution in [0, 0.1) is 11.3 Å². The second kappa shape index (κ2) is 3.77. The molecule has 0 radical (unpaired) electrons. The smallest absolute Gasteiger partial charge is 0.239 e. The van der Waals surface area contributed by atoms with E-state index in [1.165, 1.54) is 12.1 Å². The van der Waals surface area contributed by atoms with Gasteiger partial charge in [-0.1, -0.05) is 0 Å². The zero-order valence-electron chi connectivity index (χ0n) is 8.38. The molecule has 84 valence electrons. The van der Waals surface area contributed by atoms with Gasteiger partial charge in [0.2, 0.25) is 10.0 Å². The third-order valence-corrected chi connectivity index (χ3v) is 3.16. The number of sulfonamides is 1. The maximum Gasteiger partial charge on any atom is 0.239 e. The fraction of sp³-hybridized carbons (Fsp3) is 0.300. The Morgan fingerprint density at radius 1 is 1.44 bits per heavy atom. The molecule has 0 amide bonds. The van der Waals surface area contributed by atoms with Crippen LogP contribution >= 0.6 is 0 Å². The molecule has 0 aromatic heterocycles. The third kappa shape index (κ3) is 2.32. The zero-order chi connectivity index (χ0) is 11.8. The van der Waals surface area contributed by atoms with E-state index in [0.29, 0.717) is 5.75 Å². The number of nitrogens with zero attached hydrogens (tertiary/aromatic N) is 1. The molecule has 0 atom stereocenters.